The van der Waals surface area contributed by atoms with Crippen LogP contribution in [0.1, 0.15) is 24.6 Å². The molecule has 0 saturated carbocycles. The van der Waals surface area contributed by atoms with E-state index < -0.39 is 5.41 Å². The molecule has 0 saturated heterocycles. The van der Waals surface area contributed by atoms with Gasteiger partial charge in [0.25, 0.3) is 0 Å². The van der Waals surface area contributed by atoms with Crippen molar-refractivity contribution in [1.29, 1.82) is 5.26 Å². The zero-order valence-corrected chi connectivity index (χ0v) is 10.7. The maximum absolute atomic E-state index is 11.6. The summed E-state index contributed by atoms with van der Waals surface area (Å²) in [7, 11) is 0. The molecule has 0 fully saturated rings. The van der Waals surface area contributed by atoms with Crippen LogP contribution in [0.25, 0.3) is 0 Å². The third kappa shape index (κ3) is 2.53. The van der Waals surface area contributed by atoms with Gasteiger partial charge in [-0.1, -0.05) is 36.4 Å². The molecular formula is C16H14N2O. The minimum atomic E-state index is -1.01. The molecule has 2 aromatic rings. The van der Waals surface area contributed by atoms with E-state index in [1.165, 1.54) is 6.92 Å². The van der Waals surface area contributed by atoms with E-state index in [0.29, 0.717) is 5.69 Å². The molecule has 0 aliphatic heterocycles. The van der Waals surface area contributed by atoms with Crippen LogP contribution in [0.4, 0.5) is 0 Å². The molecule has 0 N–H and O–H groups in total. The quantitative estimate of drug-likeness (QED) is 0.838. The highest BCUT2D eigenvalue weighted by Crippen LogP contribution is 2.34. The van der Waals surface area contributed by atoms with Crippen molar-refractivity contribution in [3.8, 4) is 6.07 Å². The van der Waals surface area contributed by atoms with E-state index >= 15 is 0 Å². The number of hydrogen-bond donors (Lipinski definition) is 0. The second-order valence-corrected chi connectivity index (χ2v) is 4.48. The smallest absolute Gasteiger partial charge is 0.132 e. The average molecular weight is 250 g/mol. The predicted molar refractivity (Wildman–Crippen MR) is 72.4 cm³/mol. The van der Waals surface area contributed by atoms with Crippen LogP contribution >= 0.6 is 0 Å². The summed E-state index contributed by atoms with van der Waals surface area (Å²) in [6.45, 7) is 1.50. The second kappa shape index (κ2) is 5.45. The Balaban J connectivity index is 2.63. The van der Waals surface area contributed by atoms with Crippen molar-refractivity contribution in [3.63, 3.8) is 0 Å². The monoisotopic (exact) mass is 250 g/mol. The Morgan fingerprint density at radius 3 is 2.42 bits per heavy atom. The number of ketones is 1. The number of nitriles is 1. The summed E-state index contributed by atoms with van der Waals surface area (Å²) >= 11 is 0. The van der Waals surface area contributed by atoms with Crippen molar-refractivity contribution in [2.45, 2.75) is 18.8 Å². The van der Waals surface area contributed by atoms with Gasteiger partial charge in [-0.15, -0.1) is 0 Å². The molecule has 3 heteroatoms. The Kier molecular flexibility index (Phi) is 3.72. The first kappa shape index (κ1) is 13.0. The largest absolute Gasteiger partial charge is 0.300 e. The zero-order chi connectivity index (χ0) is 13.7. The topological polar surface area (TPSA) is 53.8 Å². The summed E-state index contributed by atoms with van der Waals surface area (Å²) in [5, 5.41) is 9.69. The molecule has 0 spiro atoms. The summed E-state index contributed by atoms with van der Waals surface area (Å²) in [6.07, 6.45) is 1.77. The minimum absolute atomic E-state index is 0.0314. The van der Waals surface area contributed by atoms with Gasteiger partial charge in [-0.3, -0.25) is 9.78 Å². The molecule has 0 bridgehead atoms. The molecule has 94 valence electrons. The van der Waals surface area contributed by atoms with Gasteiger partial charge >= 0.3 is 0 Å². The number of carbonyl (C=O) groups excluding carboxylic acids is 1. The van der Waals surface area contributed by atoms with E-state index in [4.69, 9.17) is 0 Å². The van der Waals surface area contributed by atoms with Crippen LogP contribution in [0.3, 0.4) is 0 Å². The van der Waals surface area contributed by atoms with Crippen LogP contribution in [-0.4, -0.2) is 10.8 Å². The molecule has 0 aliphatic rings. The summed E-state index contributed by atoms with van der Waals surface area (Å²) in [6, 6.07) is 17.1. The Labute approximate surface area is 112 Å². The standard InChI is InChI=1S/C16H14N2O/c1-13(19)11-16(12-17,14-7-3-2-4-8-14)15-9-5-6-10-18-15/h2-10H,11H2,1H3/t16-/m0/s1. The SMILES string of the molecule is CC(=O)C[C@](C#N)(c1ccccc1)c1ccccn1. The van der Waals surface area contributed by atoms with Crippen LogP contribution in [0, 0.1) is 11.3 Å². The van der Waals surface area contributed by atoms with E-state index in [1.807, 2.05) is 36.4 Å². The summed E-state index contributed by atoms with van der Waals surface area (Å²) in [4.78, 5) is 15.9. The Morgan fingerprint density at radius 2 is 1.89 bits per heavy atom. The van der Waals surface area contributed by atoms with E-state index in [0.717, 1.165) is 5.56 Å². The predicted octanol–water partition coefficient (Wildman–Crippen LogP) is 2.87. The fourth-order valence-corrected chi connectivity index (χ4v) is 2.21. The van der Waals surface area contributed by atoms with E-state index in [1.54, 1.807) is 18.3 Å². The molecule has 1 atom stereocenters. The van der Waals surface area contributed by atoms with Gasteiger partial charge in [0.2, 0.25) is 0 Å². The van der Waals surface area contributed by atoms with E-state index in [9.17, 15) is 10.1 Å². The highest BCUT2D eigenvalue weighted by Gasteiger charge is 2.37. The Bertz CT molecular complexity index is 560. The number of rotatable bonds is 4. The molecule has 1 aromatic carbocycles. The molecule has 3 nitrogen and oxygen atoms in total. The molecular weight excluding hydrogens is 236 g/mol. The first-order chi connectivity index (χ1) is 9.19. The lowest BCUT2D eigenvalue weighted by molar-refractivity contribution is -0.117. The number of nitrogens with zero attached hydrogens (tertiary/aromatic N) is 2. The highest BCUT2D eigenvalue weighted by molar-refractivity contribution is 5.79. The molecule has 0 amide bonds. The highest BCUT2D eigenvalue weighted by atomic mass is 16.1. The van der Waals surface area contributed by atoms with E-state index in [2.05, 4.69) is 11.1 Å². The van der Waals surface area contributed by atoms with Crippen molar-refractivity contribution in [3.05, 3.63) is 66.0 Å². The van der Waals surface area contributed by atoms with Crippen molar-refractivity contribution in [1.82, 2.24) is 4.98 Å². The van der Waals surface area contributed by atoms with Crippen LogP contribution in [-0.2, 0) is 10.2 Å². The van der Waals surface area contributed by atoms with Crippen LogP contribution in [0.5, 0.6) is 0 Å². The molecule has 19 heavy (non-hydrogen) atoms. The minimum Gasteiger partial charge on any atom is -0.300 e. The van der Waals surface area contributed by atoms with Gasteiger partial charge in [-0.2, -0.15) is 5.26 Å². The number of aromatic nitrogens is 1. The van der Waals surface area contributed by atoms with Gasteiger partial charge in [0.05, 0.1) is 11.8 Å². The number of pyridine rings is 1. The van der Waals surface area contributed by atoms with Crippen LogP contribution < -0.4 is 0 Å². The van der Waals surface area contributed by atoms with Crippen LogP contribution in [0.15, 0.2) is 54.7 Å². The van der Waals surface area contributed by atoms with Crippen LogP contribution in [0.2, 0.25) is 0 Å². The third-order valence-electron chi connectivity index (χ3n) is 3.07. The normalized spacial score (nSPS) is 13.3. The van der Waals surface area contributed by atoms with Gasteiger partial charge in [0, 0.05) is 12.6 Å². The number of Topliss-reactive ketones (excluding diaryl/α,β-unsaturated/α-hetero) is 1. The summed E-state index contributed by atoms with van der Waals surface area (Å²) in [5.74, 6) is -0.0314. The van der Waals surface area contributed by atoms with Crippen molar-refractivity contribution >= 4 is 5.78 Å². The molecule has 0 radical (unpaired) electrons. The lowest BCUT2D eigenvalue weighted by Gasteiger charge is -2.25. The van der Waals surface area contributed by atoms with Gasteiger partial charge in [0.15, 0.2) is 0 Å². The molecule has 0 unspecified atom stereocenters. The van der Waals surface area contributed by atoms with Gasteiger partial charge in [-0.25, -0.2) is 0 Å². The van der Waals surface area contributed by atoms with Gasteiger partial charge in [-0.05, 0) is 24.6 Å². The number of carbonyl (C=O) groups is 1. The maximum Gasteiger partial charge on any atom is 0.132 e. The fourth-order valence-electron chi connectivity index (χ4n) is 2.21. The van der Waals surface area contributed by atoms with Gasteiger partial charge in [0.1, 0.15) is 11.2 Å². The third-order valence-corrected chi connectivity index (χ3v) is 3.07. The fraction of sp³-hybridized carbons (Fsp3) is 0.188. The second-order valence-electron chi connectivity index (χ2n) is 4.48. The number of benzene rings is 1. The maximum atomic E-state index is 11.6. The first-order valence-electron chi connectivity index (χ1n) is 6.07. The van der Waals surface area contributed by atoms with E-state index in [-0.39, 0.29) is 12.2 Å². The summed E-state index contributed by atoms with van der Waals surface area (Å²) in [5.41, 5.74) is 0.402. The lowest BCUT2D eigenvalue weighted by atomic mass is 9.75. The Morgan fingerprint density at radius 1 is 1.21 bits per heavy atom. The van der Waals surface area contributed by atoms with Crippen molar-refractivity contribution in [2.75, 3.05) is 0 Å². The number of hydrogen-bond acceptors (Lipinski definition) is 3. The van der Waals surface area contributed by atoms with Gasteiger partial charge < -0.3 is 0 Å². The molecule has 0 aliphatic carbocycles. The molecule has 1 aromatic heterocycles. The lowest BCUT2D eigenvalue weighted by Crippen LogP contribution is -2.29. The Hall–Kier alpha value is -2.47. The molecule has 1 heterocycles. The molecule has 2 rings (SSSR count). The first-order valence-corrected chi connectivity index (χ1v) is 6.07. The van der Waals surface area contributed by atoms with Crippen molar-refractivity contribution in [2.24, 2.45) is 0 Å². The average Bonchev–Trinajstić information content (AvgIpc) is 2.46. The zero-order valence-electron chi connectivity index (χ0n) is 10.7. The van der Waals surface area contributed by atoms with Crippen molar-refractivity contribution < 1.29 is 4.79 Å². The summed E-state index contributed by atoms with van der Waals surface area (Å²) < 4.78 is 0.